The Morgan fingerprint density at radius 2 is 2.15 bits per heavy atom. The van der Waals surface area contributed by atoms with E-state index in [9.17, 15) is 5.11 Å². The molecule has 0 spiro atoms. The number of ether oxygens (including phenoxy) is 1. The second kappa shape index (κ2) is 6.06. The summed E-state index contributed by atoms with van der Waals surface area (Å²) in [6.07, 6.45) is 7.87. The summed E-state index contributed by atoms with van der Waals surface area (Å²) >= 11 is 0. The first-order chi connectivity index (χ1) is 9.75. The number of hydrogen-bond acceptors (Lipinski definition) is 5. The second-order valence-electron chi connectivity index (χ2n) is 6.03. The number of aliphatic hydroxyl groups is 1. The highest BCUT2D eigenvalue weighted by atomic mass is 16.5. The quantitative estimate of drug-likeness (QED) is 0.882. The topological polar surface area (TPSA) is 67.3 Å². The highest BCUT2D eigenvalue weighted by Crippen LogP contribution is 2.28. The lowest BCUT2D eigenvalue weighted by Gasteiger charge is -2.32. The highest BCUT2D eigenvalue weighted by molar-refractivity contribution is 5.36. The molecule has 5 heteroatoms. The third kappa shape index (κ3) is 3.27. The van der Waals surface area contributed by atoms with Crippen LogP contribution >= 0.6 is 0 Å². The fraction of sp³-hybridized carbons (Fsp3) is 0.733. The monoisotopic (exact) mass is 277 g/mol. The van der Waals surface area contributed by atoms with Crippen LogP contribution in [0.3, 0.4) is 0 Å². The number of hydrogen-bond donors (Lipinski definition) is 2. The van der Waals surface area contributed by atoms with Gasteiger partial charge in [-0.3, -0.25) is 0 Å². The van der Waals surface area contributed by atoms with Crippen molar-refractivity contribution in [3.63, 3.8) is 0 Å². The molecule has 0 bridgehead atoms. The van der Waals surface area contributed by atoms with Gasteiger partial charge < -0.3 is 15.2 Å². The SMILES string of the molecule is OC1(CNc2cc(C3CCOC3)ncn2)CCCCC1. The van der Waals surface area contributed by atoms with Crippen molar-refractivity contribution in [3.8, 4) is 0 Å². The smallest absolute Gasteiger partial charge is 0.129 e. The van der Waals surface area contributed by atoms with Crippen LogP contribution in [-0.2, 0) is 4.74 Å². The third-order valence-corrected chi connectivity index (χ3v) is 4.42. The van der Waals surface area contributed by atoms with Crippen LogP contribution in [-0.4, -0.2) is 40.4 Å². The highest BCUT2D eigenvalue weighted by Gasteiger charge is 2.29. The Hall–Kier alpha value is -1.20. The molecule has 1 saturated carbocycles. The van der Waals surface area contributed by atoms with Gasteiger partial charge in [0.25, 0.3) is 0 Å². The van der Waals surface area contributed by atoms with Gasteiger partial charge >= 0.3 is 0 Å². The number of nitrogens with zero attached hydrogens (tertiary/aromatic N) is 2. The minimum Gasteiger partial charge on any atom is -0.388 e. The summed E-state index contributed by atoms with van der Waals surface area (Å²) in [6, 6.07) is 1.99. The molecular weight excluding hydrogens is 254 g/mol. The molecule has 0 aromatic carbocycles. The third-order valence-electron chi connectivity index (χ3n) is 4.42. The molecule has 20 heavy (non-hydrogen) atoms. The molecule has 1 aromatic rings. The average Bonchev–Trinajstić information content (AvgIpc) is 3.01. The molecule has 1 saturated heterocycles. The van der Waals surface area contributed by atoms with Crippen molar-refractivity contribution in [2.24, 2.45) is 0 Å². The second-order valence-corrected chi connectivity index (χ2v) is 6.03. The fourth-order valence-corrected chi connectivity index (χ4v) is 3.10. The van der Waals surface area contributed by atoms with E-state index in [2.05, 4.69) is 15.3 Å². The molecule has 1 aromatic heterocycles. The maximum Gasteiger partial charge on any atom is 0.129 e. The van der Waals surface area contributed by atoms with E-state index in [1.807, 2.05) is 6.07 Å². The Bertz CT molecular complexity index is 440. The largest absolute Gasteiger partial charge is 0.388 e. The first kappa shape index (κ1) is 13.8. The fourth-order valence-electron chi connectivity index (χ4n) is 3.10. The van der Waals surface area contributed by atoms with Crippen molar-refractivity contribution in [2.75, 3.05) is 25.1 Å². The minimum atomic E-state index is -0.570. The maximum atomic E-state index is 10.5. The molecule has 2 fully saturated rings. The molecule has 2 N–H and O–H groups in total. The zero-order valence-electron chi connectivity index (χ0n) is 11.8. The Morgan fingerprint density at radius 1 is 1.30 bits per heavy atom. The molecule has 0 amide bonds. The van der Waals surface area contributed by atoms with E-state index in [4.69, 9.17) is 4.74 Å². The van der Waals surface area contributed by atoms with E-state index < -0.39 is 5.60 Å². The summed E-state index contributed by atoms with van der Waals surface area (Å²) in [5.41, 5.74) is 0.468. The molecule has 1 aliphatic heterocycles. The van der Waals surface area contributed by atoms with Gasteiger partial charge in [-0.05, 0) is 19.3 Å². The van der Waals surface area contributed by atoms with Gasteiger partial charge in [0.05, 0.1) is 17.9 Å². The summed E-state index contributed by atoms with van der Waals surface area (Å²) < 4.78 is 5.40. The summed E-state index contributed by atoms with van der Waals surface area (Å²) in [5, 5.41) is 13.8. The number of nitrogens with one attached hydrogen (secondary N) is 1. The molecule has 110 valence electrons. The summed E-state index contributed by atoms with van der Waals surface area (Å²) in [4.78, 5) is 8.59. The van der Waals surface area contributed by atoms with Crippen molar-refractivity contribution < 1.29 is 9.84 Å². The van der Waals surface area contributed by atoms with Gasteiger partial charge in [0.2, 0.25) is 0 Å². The lowest BCUT2D eigenvalue weighted by Crippen LogP contribution is -2.38. The molecule has 1 unspecified atom stereocenters. The van der Waals surface area contributed by atoms with Crippen LogP contribution in [0.1, 0.15) is 50.1 Å². The zero-order valence-corrected chi connectivity index (χ0v) is 11.8. The van der Waals surface area contributed by atoms with Crippen LogP contribution < -0.4 is 5.32 Å². The molecule has 1 aliphatic carbocycles. The Morgan fingerprint density at radius 3 is 2.90 bits per heavy atom. The van der Waals surface area contributed by atoms with Crippen molar-refractivity contribution in [1.29, 1.82) is 0 Å². The van der Waals surface area contributed by atoms with Crippen molar-refractivity contribution in [3.05, 3.63) is 18.1 Å². The standard InChI is InChI=1S/C15H23N3O2/c19-15(5-2-1-3-6-15)10-16-14-8-13(17-11-18-14)12-4-7-20-9-12/h8,11-12,19H,1-7,9-10H2,(H,16,17,18). The van der Waals surface area contributed by atoms with Crippen LogP contribution in [0.2, 0.25) is 0 Å². The van der Waals surface area contributed by atoms with E-state index >= 15 is 0 Å². The van der Waals surface area contributed by atoms with E-state index in [1.165, 1.54) is 6.42 Å². The van der Waals surface area contributed by atoms with E-state index in [0.29, 0.717) is 12.5 Å². The molecule has 1 atom stereocenters. The lowest BCUT2D eigenvalue weighted by molar-refractivity contribution is 0.0166. The zero-order chi connectivity index (χ0) is 13.8. The van der Waals surface area contributed by atoms with Crippen LogP contribution in [0.5, 0.6) is 0 Å². The van der Waals surface area contributed by atoms with Gasteiger partial charge in [-0.1, -0.05) is 19.3 Å². The van der Waals surface area contributed by atoms with Crippen LogP contribution in [0.4, 0.5) is 5.82 Å². The Balaban J connectivity index is 1.60. The minimum absolute atomic E-state index is 0.385. The summed E-state index contributed by atoms with van der Waals surface area (Å²) in [5.74, 6) is 1.19. The first-order valence-electron chi connectivity index (χ1n) is 7.61. The molecular formula is C15H23N3O2. The van der Waals surface area contributed by atoms with Crippen LogP contribution in [0.15, 0.2) is 12.4 Å². The Kier molecular flexibility index (Phi) is 4.17. The van der Waals surface area contributed by atoms with Gasteiger partial charge in [0.1, 0.15) is 12.1 Å². The molecule has 2 heterocycles. The summed E-state index contributed by atoms with van der Waals surface area (Å²) in [6.45, 7) is 2.14. The van der Waals surface area contributed by atoms with Crippen molar-refractivity contribution >= 4 is 5.82 Å². The number of anilines is 1. The van der Waals surface area contributed by atoms with Crippen molar-refractivity contribution in [1.82, 2.24) is 9.97 Å². The first-order valence-corrected chi connectivity index (χ1v) is 7.61. The van der Waals surface area contributed by atoms with Crippen LogP contribution in [0, 0.1) is 0 Å². The van der Waals surface area contributed by atoms with Gasteiger partial charge in [-0.25, -0.2) is 9.97 Å². The number of rotatable bonds is 4. The van der Waals surface area contributed by atoms with Gasteiger partial charge in [0.15, 0.2) is 0 Å². The Labute approximate surface area is 119 Å². The van der Waals surface area contributed by atoms with Gasteiger partial charge in [0, 0.05) is 25.1 Å². The average molecular weight is 277 g/mol. The summed E-state index contributed by atoms with van der Waals surface area (Å²) in [7, 11) is 0. The van der Waals surface area contributed by atoms with Crippen LogP contribution in [0.25, 0.3) is 0 Å². The molecule has 3 rings (SSSR count). The normalized spacial score (nSPS) is 25.6. The predicted octanol–water partition coefficient (Wildman–Crippen LogP) is 2.09. The molecule has 2 aliphatic rings. The molecule has 0 radical (unpaired) electrons. The van der Waals surface area contributed by atoms with Gasteiger partial charge in [-0.15, -0.1) is 0 Å². The predicted molar refractivity (Wildman–Crippen MR) is 76.7 cm³/mol. The van der Waals surface area contributed by atoms with E-state index in [-0.39, 0.29) is 0 Å². The maximum absolute atomic E-state index is 10.5. The number of aromatic nitrogens is 2. The van der Waals surface area contributed by atoms with E-state index in [1.54, 1.807) is 6.33 Å². The van der Waals surface area contributed by atoms with Crippen molar-refractivity contribution in [2.45, 2.75) is 50.0 Å². The van der Waals surface area contributed by atoms with E-state index in [0.717, 1.165) is 56.8 Å². The van der Waals surface area contributed by atoms with Gasteiger partial charge in [-0.2, -0.15) is 0 Å². The lowest BCUT2D eigenvalue weighted by atomic mass is 9.85. The molecule has 5 nitrogen and oxygen atoms in total.